The molecule has 0 heterocycles. The standard InChI is InChI=1S/C13H14F3O/c1-4-9(3)11-6-10(5-2)7-12(8-11)17-13(14,15)16/h4,6-9H,1,3,5H2,2H3. The topological polar surface area (TPSA) is 9.23 Å². The Morgan fingerprint density at radius 1 is 1.35 bits per heavy atom. The average molecular weight is 243 g/mol. The zero-order valence-electron chi connectivity index (χ0n) is 9.55. The summed E-state index contributed by atoms with van der Waals surface area (Å²) in [5.41, 5.74) is 1.44. The van der Waals surface area contributed by atoms with Gasteiger partial charge in [-0.15, -0.1) is 19.8 Å². The van der Waals surface area contributed by atoms with Crippen molar-refractivity contribution in [2.45, 2.75) is 25.6 Å². The van der Waals surface area contributed by atoms with Crippen molar-refractivity contribution in [2.24, 2.45) is 0 Å². The van der Waals surface area contributed by atoms with E-state index >= 15 is 0 Å². The molecule has 1 aromatic rings. The van der Waals surface area contributed by atoms with Crippen LogP contribution in [0.3, 0.4) is 0 Å². The maximum atomic E-state index is 12.1. The Morgan fingerprint density at radius 3 is 2.47 bits per heavy atom. The zero-order chi connectivity index (χ0) is 13.1. The van der Waals surface area contributed by atoms with Gasteiger partial charge in [0, 0.05) is 5.92 Å². The Hall–Kier alpha value is -1.45. The smallest absolute Gasteiger partial charge is 0.406 e. The van der Waals surface area contributed by atoms with Crippen LogP contribution in [-0.2, 0) is 6.42 Å². The molecule has 1 aromatic carbocycles. The Kier molecular flexibility index (Phi) is 4.21. The molecule has 1 rings (SSSR count). The van der Waals surface area contributed by atoms with Crippen LogP contribution in [0.5, 0.6) is 5.75 Å². The largest absolute Gasteiger partial charge is 0.573 e. The van der Waals surface area contributed by atoms with E-state index in [1.54, 1.807) is 6.08 Å². The van der Waals surface area contributed by atoms with Crippen molar-refractivity contribution < 1.29 is 17.9 Å². The highest BCUT2D eigenvalue weighted by molar-refractivity contribution is 5.38. The fourth-order valence-electron chi connectivity index (χ4n) is 1.43. The Bertz CT molecular complexity index is 396. The molecule has 0 aliphatic heterocycles. The van der Waals surface area contributed by atoms with Gasteiger partial charge in [0.15, 0.2) is 0 Å². The van der Waals surface area contributed by atoms with Gasteiger partial charge in [-0.25, -0.2) is 0 Å². The Balaban J connectivity index is 3.09. The molecule has 1 unspecified atom stereocenters. The number of hydrogen-bond acceptors (Lipinski definition) is 1. The summed E-state index contributed by atoms with van der Waals surface area (Å²) in [6.45, 7) is 9.22. The van der Waals surface area contributed by atoms with Crippen LogP contribution in [0.2, 0.25) is 0 Å². The molecule has 1 atom stereocenters. The summed E-state index contributed by atoms with van der Waals surface area (Å²) in [4.78, 5) is 0. The van der Waals surface area contributed by atoms with E-state index in [-0.39, 0.29) is 11.7 Å². The van der Waals surface area contributed by atoms with Crippen molar-refractivity contribution in [3.63, 3.8) is 0 Å². The van der Waals surface area contributed by atoms with Crippen LogP contribution in [-0.4, -0.2) is 6.36 Å². The van der Waals surface area contributed by atoms with Gasteiger partial charge in [0.25, 0.3) is 0 Å². The van der Waals surface area contributed by atoms with E-state index in [1.807, 2.05) is 13.0 Å². The fourth-order valence-corrected chi connectivity index (χ4v) is 1.43. The lowest BCUT2D eigenvalue weighted by molar-refractivity contribution is -0.274. The molecule has 0 aliphatic carbocycles. The highest BCUT2D eigenvalue weighted by atomic mass is 19.4. The molecule has 0 spiro atoms. The van der Waals surface area contributed by atoms with Gasteiger partial charge in [0.2, 0.25) is 0 Å². The second-order valence-corrected chi connectivity index (χ2v) is 3.65. The van der Waals surface area contributed by atoms with Crippen LogP contribution in [0.1, 0.15) is 24.0 Å². The van der Waals surface area contributed by atoms with Crippen LogP contribution in [0, 0.1) is 6.92 Å². The minimum absolute atomic E-state index is 0.206. The van der Waals surface area contributed by atoms with Gasteiger partial charge >= 0.3 is 6.36 Å². The van der Waals surface area contributed by atoms with Gasteiger partial charge < -0.3 is 4.74 Å². The normalized spacial score (nSPS) is 13.2. The van der Waals surface area contributed by atoms with Crippen LogP contribution in [0.4, 0.5) is 13.2 Å². The van der Waals surface area contributed by atoms with E-state index in [9.17, 15) is 13.2 Å². The van der Waals surface area contributed by atoms with E-state index in [1.165, 1.54) is 12.1 Å². The van der Waals surface area contributed by atoms with Gasteiger partial charge in [0.05, 0.1) is 0 Å². The highest BCUT2D eigenvalue weighted by Crippen LogP contribution is 2.28. The molecule has 1 nitrogen and oxygen atoms in total. The second-order valence-electron chi connectivity index (χ2n) is 3.65. The third-order valence-electron chi connectivity index (χ3n) is 2.34. The zero-order valence-corrected chi connectivity index (χ0v) is 9.55. The van der Waals surface area contributed by atoms with Crippen LogP contribution in [0.25, 0.3) is 0 Å². The summed E-state index contributed by atoms with van der Waals surface area (Å²) in [5, 5.41) is 0. The average Bonchev–Trinajstić information content (AvgIpc) is 2.25. The number of benzene rings is 1. The van der Waals surface area contributed by atoms with Crippen LogP contribution < -0.4 is 4.74 Å². The molecule has 0 aromatic heterocycles. The van der Waals surface area contributed by atoms with E-state index in [0.29, 0.717) is 12.0 Å². The van der Waals surface area contributed by atoms with E-state index in [4.69, 9.17) is 0 Å². The fraction of sp³-hybridized carbons (Fsp3) is 0.308. The molecule has 0 aliphatic rings. The summed E-state index contributed by atoms with van der Waals surface area (Å²) in [6, 6.07) is 4.53. The Labute approximate surface area is 98.9 Å². The lowest BCUT2D eigenvalue weighted by Gasteiger charge is -2.14. The minimum atomic E-state index is -4.67. The summed E-state index contributed by atoms with van der Waals surface area (Å²) >= 11 is 0. The van der Waals surface area contributed by atoms with Gasteiger partial charge in [0.1, 0.15) is 5.75 Å². The van der Waals surface area contributed by atoms with Crippen molar-refractivity contribution in [3.05, 3.63) is 48.9 Å². The maximum Gasteiger partial charge on any atom is 0.573 e. The van der Waals surface area contributed by atoms with Crippen molar-refractivity contribution in [1.29, 1.82) is 0 Å². The molecule has 0 saturated carbocycles. The molecule has 0 amide bonds. The number of hydrogen-bond donors (Lipinski definition) is 0. The first-order valence-corrected chi connectivity index (χ1v) is 5.21. The monoisotopic (exact) mass is 243 g/mol. The summed E-state index contributed by atoms with van der Waals surface area (Å²) in [7, 11) is 0. The lowest BCUT2D eigenvalue weighted by atomic mass is 9.98. The lowest BCUT2D eigenvalue weighted by Crippen LogP contribution is -2.17. The van der Waals surface area contributed by atoms with E-state index < -0.39 is 6.36 Å². The van der Waals surface area contributed by atoms with Crippen molar-refractivity contribution in [3.8, 4) is 5.75 Å². The van der Waals surface area contributed by atoms with E-state index in [2.05, 4.69) is 18.2 Å². The molecule has 0 saturated heterocycles. The third kappa shape index (κ3) is 4.13. The molecule has 0 bridgehead atoms. The molecule has 0 fully saturated rings. The SMILES string of the molecule is [CH2]C(C=C)c1cc(CC)cc(OC(F)(F)F)c1. The third-order valence-corrected chi connectivity index (χ3v) is 2.34. The van der Waals surface area contributed by atoms with Crippen molar-refractivity contribution in [1.82, 2.24) is 0 Å². The first-order valence-electron chi connectivity index (χ1n) is 5.21. The number of alkyl halides is 3. The molecule has 4 heteroatoms. The predicted octanol–water partition coefficient (Wildman–Crippen LogP) is 4.25. The quantitative estimate of drug-likeness (QED) is 0.718. The van der Waals surface area contributed by atoms with Gasteiger partial charge in [-0.2, -0.15) is 0 Å². The summed E-state index contributed by atoms with van der Waals surface area (Å²) in [6.07, 6.45) is -2.47. The molecule has 17 heavy (non-hydrogen) atoms. The molecular formula is C13H14F3O. The minimum Gasteiger partial charge on any atom is -0.406 e. The molecule has 0 N–H and O–H groups in total. The predicted molar refractivity (Wildman–Crippen MR) is 60.8 cm³/mol. The summed E-state index contributed by atoms with van der Waals surface area (Å²) < 4.78 is 40.3. The molecular weight excluding hydrogens is 229 g/mol. The number of rotatable bonds is 4. The maximum absolute atomic E-state index is 12.1. The number of aryl methyl sites for hydroxylation is 1. The van der Waals surface area contributed by atoms with Gasteiger partial charge in [-0.1, -0.05) is 19.1 Å². The molecule has 1 radical (unpaired) electrons. The van der Waals surface area contributed by atoms with Gasteiger partial charge in [-0.3, -0.25) is 0 Å². The number of ether oxygens (including phenoxy) is 1. The van der Waals surface area contributed by atoms with Gasteiger partial charge in [-0.05, 0) is 36.6 Å². The number of halogens is 3. The first-order chi connectivity index (χ1) is 7.85. The van der Waals surface area contributed by atoms with Crippen molar-refractivity contribution in [2.75, 3.05) is 0 Å². The number of allylic oxidation sites excluding steroid dienone is 1. The Morgan fingerprint density at radius 2 is 2.00 bits per heavy atom. The first kappa shape index (κ1) is 13.6. The second kappa shape index (κ2) is 5.25. The highest BCUT2D eigenvalue weighted by Gasteiger charge is 2.31. The van der Waals surface area contributed by atoms with Crippen LogP contribution >= 0.6 is 0 Å². The van der Waals surface area contributed by atoms with Crippen molar-refractivity contribution >= 4 is 0 Å². The van der Waals surface area contributed by atoms with E-state index in [0.717, 1.165) is 5.56 Å². The van der Waals surface area contributed by atoms with Crippen LogP contribution in [0.15, 0.2) is 30.9 Å². The summed E-state index contributed by atoms with van der Waals surface area (Å²) in [5.74, 6) is -0.459. The molecule has 93 valence electrons.